The van der Waals surface area contributed by atoms with Gasteiger partial charge in [0.2, 0.25) is 0 Å². The number of rotatable bonds is 5. The van der Waals surface area contributed by atoms with Crippen LogP contribution in [0.25, 0.3) is 22.2 Å². The zero-order valence-corrected chi connectivity index (χ0v) is 15.1. The summed E-state index contributed by atoms with van der Waals surface area (Å²) in [4.78, 5) is 3.44. The van der Waals surface area contributed by atoms with E-state index in [2.05, 4.69) is 41.9 Å². The van der Waals surface area contributed by atoms with Crippen molar-refractivity contribution in [3.05, 3.63) is 91.2 Å². The molecule has 0 amide bonds. The van der Waals surface area contributed by atoms with Crippen molar-refractivity contribution in [3.8, 4) is 17.0 Å². The normalized spacial score (nSPS) is 11.2. The molecule has 0 fully saturated rings. The van der Waals surface area contributed by atoms with Gasteiger partial charge in [0.05, 0.1) is 0 Å². The van der Waals surface area contributed by atoms with Gasteiger partial charge in [0.15, 0.2) is 0 Å². The van der Waals surface area contributed by atoms with Crippen LogP contribution in [-0.2, 0) is 0 Å². The van der Waals surface area contributed by atoms with Crippen LogP contribution in [0.5, 0.6) is 5.75 Å². The number of H-pyrrole nitrogens is 1. The Bertz CT molecular complexity index is 834. The molecular formula is C23H25NO. The van der Waals surface area contributed by atoms with Crippen molar-refractivity contribution in [2.45, 2.75) is 20.8 Å². The second kappa shape index (κ2) is 9.33. The fourth-order valence-corrected chi connectivity index (χ4v) is 2.47. The third kappa shape index (κ3) is 4.74. The molecule has 0 aliphatic rings. The Kier molecular flexibility index (Phi) is 6.85. The van der Waals surface area contributed by atoms with E-state index >= 15 is 0 Å². The maximum absolute atomic E-state index is 5.84. The predicted molar refractivity (Wildman–Crippen MR) is 109 cm³/mol. The average Bonchev–Trinajstić information content (AvgIpc) is 3.09. The van der Waals surface area contributed by atoms with E-state index in [0.29, 0.717) is 0 Å². The molecule has 1 heterocycles. The third-order valence-electron chi connectivity index (χ3n) is 3.54. The average molecular weight is 331 g/mol. The highest BCUT2D eigenvalue weighted by Gasteiger charge is 2.04. The highest BCUT2D eigenvalue weighted by Crippen LogP contribution is 2.26. The molecule has 0 atom stereocenters. The van der Waals surface area contributed by atoms with Crippen molar-refractivity contribution in [1.29, 1.82) is 0 Å². The summed E-state index contributed by atoms with van der Waals surface area (Å²) in [6.07, 6.45) is 7.40. The van der Waals surface area contributed by atoms with Crippen LogP contribution in [0.4, 0.5) is 0 Å². The van der Waals surface area contributed by atoms with Gasteiger partial charge in [-0.15, -0.1) is 0 Å². The summed E-state index contributed by atoms with van der Waals surface area (Å²) in [5, 5.41) is 1.21. The smallest absolute Gasteiger partial charge is 0.127 e. The van der Waals surface area contributed by atoms with Gasteiger partial charge in [-0.05, 0) is 61.0 Å². The minimum absolute atomic E-state index is 0.765. The summed E-state index contributed by atoms with van der Waals surface area (Å²) in [6.45, 7) is 9.66. The predicted octanol–water partition coefficient (Wildman–Crippen LogP) is 6.89. The number of aromatic nitrogens is 1. The number of aromatic amines is 1. The molecule has 3 rings (SSSR count). The van der Waals surface area contributed by atoms with Crippen LogP contribution in [-0.4, -0.2) is 4.98 Å². The molecule has 1 N–H and O–H groups in total. The number of fused-ring (bicyclic) bond motifs is 1. The maximum atomic E-state index is 5.84. The summed E-state index contributed by atoms with van der Waals surface area (Å²) in [5.74, 6) is 1.57. The quantitative estimate of drug-likeness (QED) is 0.400. The highest BCUT2D eigenvalue weighted by atomic mass is 16.5. The first kappa shape index (κ1) is 18.3. The molecule has 0 spiro atoms. The summed E-state index contributed by atoms with van der Waals surface area (Å²) in [7, 11) is 0. The van der Waals surface area contributed by atoms with Crippen LogP contribution >= 0.6 is 0 Å². The van der Waals surface area contributed by atoms with Gasteiger partial charge in [0.25, 0.3) is 0 Å². The number of nitrogens with one attached hydrogen (secondary N) is 1. The number of para-hydroxylation sites is 1. The zero-order valence-electron chi connectivity index (χ0n) is 15.1. The molecule has 2 aromatic carbocycles. The van der Waals surface area contributed by atoms with Gasteiger partial charge in [0, 0.05) is 16.6 Å². The van der Waals surface area contributed by atoms with E-state index in [9.17, 15) is 0 Å². The van der Waals surface area contributed by atoms with E-state index in [1.165, 1.54) is 5.39 Å². The summed E-state index contributed by atoms with van der Waals surface area (Å²) >= 11 is 0. The Labute approximate surface area is 150 Å². The Morgan fingerprint density at radius 2 is 1.76 bits per heavy atom. The zero-order chi connectivity index (χ0) is 18.1. The molecule has 0 radical (unpaired) electrons. The van der Waals surface area contributed by atoms with Gasteiger partial charge in [-0.2, -0.15) is 0 Å². The molecule has 1 aromatic heterocycles. The maximum Gasteiger partial charge on any atom is 0.127 e. The molecule has 128 valence electrons. The summed E-state index contributed by atoms with van der Waals surface area (Å²) in [6, 6.07) is 18.5. The van der Waals surface area contributed by atoms with E-state index in [4.69, 9.17) is 4.74 Å². The van der Waals surface area contributed by atoms with E-state index in [-0.39, 0.29) is 0 Å². The van der Waals surface area contributed by atoms with Crippen molar-refractivity contribution < 1.29 is 4.74 Å². The summed E-state index contributed by atoms with van der Waals surface area (Å²) in [5.41, 5.74) is 3.38. The SMILES string of the molecule is C=C/C=C(\C=C/C)Oc1ccc(-c2cc3ccccc3[nH]2)cc1.CC. The lowest BCUT2D eigenvalue weighted by Crippen LogP contribution is -1.91. The monoisotopic (exact) mass is 331 g/mol. The first-order valence-corrected chi connectivity index (χ1v) is 8.61. The van der Waals surface area contributed by atoms with E-state index < -0.39 is 0 Å². The minimum atomic E-state index is 0.765. The van der Waals surface area contributed by atoms with E-state index in [1.807, 2.05) is 63.3 Å². The third-order valence-corrected chi connectivity index (χ3v) is 3.54. The Balaban J connectivity index is 0.00000109. The van der Waals surface area contributed by atoms with Crippen molar-refractivity contribution in [3.63, 3.8) is 0 Å². The van der Waals surface area contributed by atoms with Gasteiger partial charge < -0.3 is 9.72 Å². The number of hydrogen-bond donors (Lipinski definition) is 1. The Hall–Kier alpha value is -3.00. The molecule has 2 heteroatoms. The molecule has 0 aliphatic heterocycles. The highest BCUT2D eigenvalue weighted by molar-refractivity contribution is 5.85. The van der Waals surface area contributed by atoms with Crippen LogP contribution in [0, 0.1) is 0 Å². The van der Waals surface area contributed by atoms with Crippen molar-refractivity contribution >= 4 is 10.9 Å². The number of ether oxygens (including phenoxy) is 1. The van der Waals surface area contributed by atoms with Gasteiger partial charge in [0.1, 0.15) is 11.5 Å². The standard InChI is InChI=1S/C21H19NO.C2H6/c1-3-7-18(8-4-2)23-19-13-11-16(12-14-19)21-15-17-9-5-6-10-20(17)22-21;1-2/h3-15,22H,1H2,2H3;1-2H3/b8-4-,18-7+;. The molecule has 0 saturated heterocycles. The molecule has 2 nitrogen and oxygen atoms in total. The lowest BCUT2D eigenvalue weighted by atomic mass is 10.1. The van der Waals surface area contributed by atoms with Crippen LogP contribution < -0.4 is 4.74 Å². The van der Waals surface area contributed by atoms with E-state index in [0.717, 1.165) is 28.3 Å². The van der Waals surface area contributed by atoms with Crippen molar-refractivity contribution in [2.24, 2.45) is 0 Å². The molecule has 3 aromatic rings. The van der Waals surface area contributed by atoms with Crippen molar-refractivity contribution in [2.75, 3.05) is 0 Å². The van der Waals surface area contributed by atoms with Crippen LogP contribution in [0.2, 0.25) is 0 Å². The molecule has 25 heavy (non-hydrogen) atoms. The van der Waals surface area contributed by atoms with Crippen LogP contribution in [0.1, 0.15) is 20.8 Å². The Morgan fingerprint density at radius 1 is 1.04 bits per heavy atom. The van der Waals surface area contributed by atoms with Gasteiger partial charge >= 0.3 is 0 Å². The van der Waals surface area contributed by atoms with Crippen LogP contribution in [0.15, 0.2) is 91.2 Å². The minimum Gasteiger partial charge on any atom is -0.457 e. The fraction of sp³-hybridized carbons (Fsp3) is 0.130. The molecule has 0 saturated carbocycles. The van der Waals surface area contributed by atoms with Gasteiger partial charge in [-0.1, -0.05) is 50.8 Å². The van der Waals surface area contributed by atoms with Gasteiger partial charge in [-0.3, -0.25) is 0 Å². The van der Waals surface area contributed by atoms with E-state index in [1.54, 1.807) is 6.08 Å². The largest absolute Gasteiger partial charge is 0.457 e. The summed E-state index contributed by atoms with van der Waals surface area (Å²) < 4.78 is 5.84. The molecular weight excluding hydrogens is 306 g/mol. The molecule has 0 bridgehead atoms. The number of hydrogen-bond acceptors (Lipinski definition) is 1. The Morgan fingerprint density at radius 3 is 2.40 bits per heavy atom. The number of benzene rings is 2. The van der Waals surface area contributed by atoms with Crippen molar-refractivity contribution in [1.82, 2.24) is 4.98 Å². The molecule has 0 aliphatic carbocycles. The number of allylic oxidation sites excluding steroid dienone is 4. The topological polar surface area (TPSA) is 25.0 Å². The first-order chi connectivity index (χ1) is 12.3. The van der Waals surface area contributed by atoms with Crippen LogP contribution in [0.3, 0.4) is 0 Å². The molecule has 0 unspecified atom stereocenters. The second-order valence-corrected chi connectivity index (χ2v) is 5.20. The fourth-order valence-electron chi connectivity index (χ4n) is 2.47. The lowest BCUT2D eigenvalue weighted by molar-refractivity contribution is 0.444. The second-order valence-electron chi connectivity index (χ2n) is 5.20. The lowest BCUT2D eigenvalue weighted by Gasteiger charge is -2.07. The van der Waals surface area contributed by atoms with Gasteiger partial charge in [-0.25, -0.2) is 0 Å². The first-order valence-electron chi connectivity index (χ1n) is 8.61.